The van der Waals surface area contributed by atoms with Gasteiger partial charge in [-0.2, -0.15) is 13.2 Å². The number of alkyl halides is 3. The molecule has 1 aromatic rings. The smallest absolute Gasteiger partial charge is 0.310 e. The lowest BCUT2D eigenvalue weighted by atomic mass is 9.88. The summed E-state index contributed by atoms with van der Waals surface area (Å²) in [6.07, 6.45) is -4.49. The maximum absolute atomic E-state index is 13.5. The van der Waals surface area contributed by atoms with Gasteiger partial charge in [-0.15, -0.1) is 0 Å². The standard InChI is InChI=1S/C12H12F5N/c13-8-1-2-9(10(14)6-8)11-5-7(3-4-18-11)12(15,16)17/h1-2,6-7,11,18H,3-5H2. The van der Waals surface area contributed by atoms with Gasteiger partial charge in [0.15, 0.2) is 0 Å². The van der Waals surface area contributed by atoms with Crippen molar-refractivity contribution in [3.63, 3.8) is 0 Å². The predicted octanol–water partition coefficient (Wildman–Crippen LogP) is 3.57. The quantitative estimate of drug-likeness (QED) is 0.765. The van der Waals surface area contributed by atoms with Gasteiger partial charge in [0.2, 0.25) is 0 Å². The van der Waals surface area contributed by atoms with Gasteiger partial charge in [0.25, 0.3) is 0 Å². The lowest BCUT2D eigenvalue weighted by Gasteiger charge is -2.32. The highest BCUT2D eigenvalue weighted by molar-refractivity contribution is 5.22. The summed E-state index contributed by atoms with van der Waals surface area (Å²) in [6, 6.07) is 2.22. The van der Waals surface area contributed by atoms with E-state index >= 15 is 0 Å². The van der Waals surface area contributed by atoms with Crippen LogP contribution in [0.15, 0.2) is 18.2 Å². The van der Waals surface area contributed by atoms with Gasteiger partial charge >= 0.3 is 6.18 Å². The van der Waals surface area contributed by atoms with Crippen LogP contribution in [0.1, 0.15) is 24.4 Å². The van der Waals surface area contributed by atoms with Crippen LogP contribution in [0.2, 0.25) is 0 Å². The van der Waals surface area contributed by atoms with Crippen molar-refractivity contribution in [1.82, 2.24) is 5.32 Å². The van der Waals surface area contributed by atoms with E-state index in [4.69, 9.17) is 0 Å². The summed E-state index contributed by atoms with van der Waals surface area (Å²) in [5.41, 5.74) is 0.0883. The summed E-state index contributed by atoms with van der Waals surface area (Å²) in [7, 11) is 0. The average molecular weight is 265 g/mol. The van der Waals surface area contributed by atoms with Gasteiger partial charge in [0, 0.05) is 17.7 Å². The zero-order valence-electron chi connectivity index (χ0n) is 9.40. The molecular formula is C12H12F5N. The molecule has 0 spiro atoms. The number of halogens is 5. The van der Waals surface area contributed by atoms with E-state index in [9.17, 15) is 22.0 Å². The van der Waals surface area contributed by atoms with Crippen molar-refractivity contribution in [2.45, 2.75) is 25.1 Å². The number of nitrogens with one attached hydrogen (secondary N) is 1. The van der Waals surface area contributed by atoms with E-state index < -0.39 is 29.8 Å². The second-order valence-corrected chi connectivity index (χ2v) is 4.44. The highest BCUT2D eigenvalue weighted by Gasteiger charge is 2.42. The van der Waals surface area contributed by atoms with Crippen LogP contribution in [0.5, 0.6) is 0 Å². The molecule has 6 heteroatoms. The molecule has 0 bridgehead atoms. The Labute approximate surface area is 101 Å². The van der Waals surface area contributed by atoms with Gasteiger partial charge in [0.05, 0.1) is 5.92 Å². The maximum Gasteiger partial charge on any atom is 0.391 e. The molecule has 1 fully saturated rings. The van der Waals surface area contributed by atoms with Gasteiger partial charge in [-0.05, 0) is 25.5 Å². The summed E-state index contributed by atoms with van der Waals surface area (Å²) in [5.74, 6) is -2.98. The third-order valence-electron chi connectivity index (χ3n) is 3.20. The van der Waals surface area contributed by atoms with Crippen LogP contribution < -0.4 is 5.32 Å². The molecule has 1 aromatic carbocycles. The first kappa shape index (κ1) is 13.3. The Balaban J connectivity index is 2.18. The summed E-state index contributed by atoms with van der Waals surface area (Å²) in [4.78, 5) is 0. The van der Waals surface area contributed by atoms with Gasteiger partial charge in [-0.1, -0.05) is 6.07 Å². The molecular weight excluding hydrogens is 253 g/mol. The van der Waals surface area contributed by atoms with Crippen LogP contribution in [0.3, 0.4) is 0 Å². The van der Waals surface area contributed by atoms with Crippen molar-refractivity contribution in [1.29, 1.82) is 0 Å². The maximum atomic E-state index is 13.5. The Morgan fingerprint density at radius 2 is 1.89 bits per heavy atom. The van der Waals surface area contributed by atoms with E-state index in [2.05, 4.69) is 5.32 Å². The Morgan fingerprint density at radius 3 is 2.50 bits per heavy atom. The number of piperidine rings is 1. The summed E-state index contributed by atoms with van der Waals surface area (Å²) >= 11 is 0. The van der Waals surface area contributed by atoms with E-state index in [1.807, 2.05) is 0 Å². The van der Waals surface area contributed by atoms with Crippen LogP contribution in [-0.4, -0.2) is 12.7 Å². The zero-order valence-corrected chi connectivity index (χ0v) is 9.40. The second-order valence-electron chi connectivity index (χ2n) is 4.44. The fraction of sp³-hybridized carbons (Fsp3) is 0.500. The van der Waals surface area contributed by atoms with E-state index in [0.29, 0.717) is 6.07 Å². The van der Waals surface area contributed by atoms with Crippen molar-refractivity contribution in [3.8, 4) is 0 Å². The molecule has 1 saturated heterocycles. The minimum Gasteiger partial charge on any atom is -0.310 e. The highest BCUT2D eigenvalue weighted by atomic mass is 19.4. The van der Waals surface area contributed by atoms with Crippen molar-refractivity contribution >= 4 is 0 Å². The van der Waals surface area contributed by atoms with Crippen LogP contribution in [0.4, 0.5) is 22.0 Å². The summed E-state index contributed by atoms with van der Waals surface area (Å²) in [6.45, 7) is 0.172. The Morgan fingerprint density at radius 1 is 1.17 bits per heavy atom. The molecule has 2 atom stereocenters. The lowest BCUT2D eigenvalue weighted by Crippen LogP contribution is -2.38. The van der Waals surface area contributed by atoms with Gasteiger partial charge in [-0.3, -0.25) is 0 Å². The highest BCUT2D eigenvalue weighted by Crippen LogP contribution is 2.38. The summed E-state index contributed by atoms with van der Waals surface area (Å²) in [5, 5.41) is 2.84. The number of rotatable bonds is 1. The molecule has 18 heavy (non-hydrogen) atoms. The molecule has 0 aromatic heterocycles. The van der Waals surface area contributed by atoms with Crippen molar-refractivity contribution in [3.05, 3.63) is 35.4 Å². The Hall–Kier alpha value is -1.17. The topological polar surface area (TPSA) is 12.0 Å². The van der Waals surface area contributed by atoms with Gasteiger partial charge in [-0.25, -0.2) is 8.78 Å². The van der Waals surface area contributed by atoms with Crippen LogP contribution in [0, 0.1) is 17.6 Å². The SMILES string of the molecule is Fc1ccc(C2CC(C(F)(F)F)CCN2)c(F)c1. The first-order valence-corrected chi connectivity index (χ1v) is 5.63. The lowest BCUT2D eigenvalue weighted by molar-refractivity contribution is -0.183. The molecule has 1 nitrogen and oxygen atoms in total. The monoisotopic (exact) mass is 265 g/mol. The average Bonchev–Trinajstić information content (AvgIpc) is 2.28. The van der Waals surface area contributed by atoms with E-state index in [-0.39, 0.29) is 24.9 Å². The van der Waals surface area contributed by atoms with Crippen LogP contribution in [0.25, 0.3) is 0 Å². The van der Waals surface area contributed by atoms with Gasteiger partial charge < -0.3 is 5.32 Å². The second kappa shape index (κ2) is 4.84. The number of benzene rings is 1. The molecule has 2 unspecified atom stereocenters. The molecule has 100 valence electrons. The van der Waals surface area contributed by atoms with E-state index in [1.165, 1.54) is 6.07 Å². The van der Waals surface area contributed by atoms with Crippen molar-refractivity contribution < 1.29 is 22.0 Å². The number of hydrogen-bond acceptors (Lipinski definition) is 1. The van der Waals surface area contributed by atoms with E-state index in [0.717, 1.165) is 6.07 Å². The molecule has 2 rings (SSSR count). The third-order valence-corrected chi connectivity index (χ3v) is 3.20. The zero-order chi connectivity index (χ0) is 13.3. The summed E-state index contributed by atoms with van der Waals surface area (Å²) < 4.78 is 64.1. The first-order chi connectivity index (χ1) is 8.38. The predicted molar refractivity (Wildman–Crippen MR) is 55.9 cm³/mol. The molecule has 0 aliphatic carbocycles. The minimum absolute atomic E-state index is 0.0111. The van der Waals surface area contributed by atoms with Crippen LogP contribution in [-0.2, 0) is 0 Å². The Kier molecular flexibility index (Phi) is 3.56. The van der Waals surface area contributed by atoms with Crippen LogP contribution >= 0.6 is 0 Å². The van der Waals surface area contributed by atoms with E-state index in [1.54, 1.807) is 0 Å². The minimum atomic E-state index is -4.27. The Bertz CT molecular complexity index is 429. The molecule has 1 N–H and O–H groups in total. The normalized spacial score (nSPS) is 25.2. The van der Waals surface area contributed by atoms with Crippen molar-refractivity contribution in [2.24, 2.45) is 5.92 Å². The van der Waals surface area contributed by atoms with Gasteiger partial charge in [0.1, 0.15) is 11.6 Å². The fourth-order valence-electron chi connectivity index (χ4n) is 2.24. The van der Waals surface area contributed by atoms with Crippen molar-refractivity contribution in [2.75, 3.05) is 6.54 Å². The molecule has 1 heterocycles. The largest absolute Gasteiger partial charge is 0.391 e. The molecule has 0 saturated carbocycles. The first-order valence-electron chi connectivity index (χ1n) is 5.63. The molecule has 0 amide bonds. The molecule has 0 radical (unpaired) electrons. The number of hydrogen-bond donors (Lipinski definition) is 1. The third kappa shape index (κ3) is 2.80. The molecule has 1 aliphatic heterocycles. The molecule has 1 aliphatic rings. The fourth-order valence-corrected chi connectivity index (χ4v) is 2.24.